The van der Waals surface area contributed by atoms with Crippen LogP contribution in [0, 0.1) is 6.92 Å². The topological polar surface area (TPSA) is 74.3 Å². The standard InChI is InChI=1S/C21H30N4O2/c1-4-6-12-25(13-7-5-2)15-20(26)23-24-21(27)18-14-16(3)22-19-11-9-8-10-17(18)19/h8-11,14H,4-7,12-13,15H2,1-3H3,(H,23,26)(H,24,27). The number of aromatic nitrogens is 1. The highest BCUT2D eigenvalue weighted by atomic mass is 16.2. The first-order valence-electron chi connectivity index (χ1n) is 9.73. The Bertz CT molecular complexity index is 768. The zero-order valence-corrected chi connectivity index (χ0v) is 16.5. The Labute approximate surface area is 161 Å². The van der Waals surface area contributed by atoms with Gasteiger partial charge >= 0.3 is 0 Å². The minimum Gasteiger partial charge on any atom is -0.294 e. The summed E-state index contributed by atoms with van der Waals surface area (Å²) in [6.45, 7) is 8.20. The number of unbranched alkanes of at least 4 members (excludes halogenated alkanes) is 2. The van der Waals surface area contributed by atoms with Crippen LogP contribution in [0.3, 0.4) is 0 Å². The summed E-state index contributed by atoms with van der Waals surface area (Å²) in [5.74, 6) is -0.538. The van der Waals surface area contributed by atoms with Crippen LogP contribution in [0.5, 0.6) is 0 Å². The summed E-state index contributed by atoms with van der Waals surface area (Å²) in [6.07, 6.45) is 4.31. The Morgan fingerprint density at radius 2 is 1.70 bits per heavy atom. The van der Waals surface area contributed by atoms with Gasteiger partial charge in [-0.05, 0) is 45.0 Å². The van der Waals surface area contributed by atoms with Gasteiger partial charge in [-0.3, -0.25) is 30.3 Å². The Balaban J connectivity index is 1.97. The van der Waals surface area contributed by atoms with Gasteiger partial charge in [-0.15, -0.1) is 0 Å². The molecule has 0 radical (unpaired) electrons. The van der Waals surface area contributed by atoms with Gasteiger partial charge < -0.3 is 0 Å². The maximum absolute atomic E-state index is 12.6. The number of aryl methyl sites for hydroxylation is 1. The van der Waals surface area contributed by atoms with E-state index in [1.165, 1.54) is 0 Å². The molecule has 1 aromatic heterocycles. The number of amides is 2. The number of hydrazine groups is 1. The van der Waals surface area contributed by atoms with Crippen molar-refractivity contribution in [1.29, 1.82) is 0 Å². The van der Waals surface area contributed by atoms with Crippen molar-refractivity contribution in [2.24, 2.45) is 0 Å². The van der Waals surface area contributed by atoms with Gasteiger partial charge in [0, 0.05) is 11.1 Å². The van der Waals surface area contributed by atoms with Gasteiger partial charge in [0.25, 0.3) is 11.8 Å². The predicted octanol–water partition coefficient (Wildman–Crippen LogP) is 3.21. The Morgan fingerprint density at radius 3 is 2.37 bits per heavy atom. The smallest absolute Gasteiger partial charge is 0.270 e. The third kappa shape index (κ3) is 6.32. The highest BCUT2D eigenvalue weighted by Crippen LogP contribution is 2.17. The fraction of sp³-hybridized carbons (Fsp3) is 0.476. The summed E-state index contributed by atoms with van der Waals surface area (Å²) in [5, 5.41) is 0.766. The second kappa shape index (κ2) is 10.6. The van der Waals surface area contributed by atoms with Crippen molar-refractivity contribution in [2.45, 2.75) is 46.5 Å². The number of pyridine rings is 1. The first-order valence-corrected chi connectivity index (χ1v) is 9.73. The first-order chi connectivity index (χ1) is 13.0. The molecule has 0 bridgehead atoms. The Morgan fingerprint density at radius 1 is 1.04 bits per heavy atom. The lowest BCUT2D eigenvalue weighted by Gasteiger charge is -2.21. The molecule has 2 amide bonds. The number of fused-ring (bicyclic) bond motifs is 1. The molecule has 0 aliphatic heterocycles. The van der Waals surface area contributed by atoms with E-state index in [0.29, 0.717) is 5.56 Å². The molecule has 6 heteroatoms. The van der Waals surface area contributed by atoms with Gasteiger partial charge in [-0.25, -0.2) is 0 Å². The molecular weight excluding hydrogens is 340 g/mol. The van der Waals surface area contributed by atoms with Crippen molar-refractivity contribution >= 4 is 22.7 Å². The molecule has 0 unspecified atom stereocenters. The Kier molecular flexibility index (Phi) is 8.20. The summed E-state index contributed by atoms with van der Waals surface area (Å²) in [5.41, 5.74) is 7.12. The largest absolute Gasteiger partial charge is 0.294 e. The van der Waals surface area contributed by atoms with Crippen LogP contribution >= 0.6 is 0 Å². The average Bonchev–Trinajstić information content (AvgIpc) is 2.67. The number of para-hydroxylation sites is 1. The third-order valence-corrected chi connectivity index (χ3v) is 4.43. The lowest BCUT2D eigenvalue weighted by molar-refractivity contribution is -0.123. The molecule has 0 aliphatic carbocycles. The highest BCUT2D eigenvalue weighted by molar-refractivity contribution is 6.06. The number of carbonyl (C=O) groups excluding carboxylic acids is 2. The molecule has 0 aliphatic rings. The zero-order valence-electron chi connectivity index (χ0n) is 16.5. The molecule has 2 N–H and O–H groups in total. The number of carbonyl (C=O) groups is 2. The summed E-state index contributed by atoms with van der Waals surface area (Å²) in [6, 6.07) is 9.22. The number of rotatable bonds is 9. The number of nitrogens with zero attached hydrogens (tertiary/aromatic N) is 2. The summed E-state index contributed by atoms with van der Waals surface area (Å²) in [7, 11) is 0. The van der Waals surface area contributed by atoms with E-state index in [-0.39, 0.29) is 18.4 Å². The van der Waals surface area contributed by atoms with Crippen molar-refractivity contribution < 1.29 is 9.59 Å². The van der Waals surface area contributed by atoms with Crippen molar-refractivity contribution in [2.75, 3.05) is 19.6 Å². The molecule has 1 aromatic carbocycles. The van der Waals surface area contributed by atoms with Gasteiger partial charge in [0.2, 0.25) is 0 Å². The molecule has 0 saturated carbocycles. The van der Waals surface area contributed by atoms with Crippen LogP contribution in [0.1, 0.15) is 55.6 Å². The molecular formula is C21H30N4O2. The second-order valence-electron chi connectivity index (χ2n) is 6.81. The zero-order chi connectivity index (χ0) is 19.6. The van der Waals surface area contributed by atoms with E-state index in [2.05, 4.69) is 34.6 Å². The lowest BCUT2D eigenvalue weighted by atomic mass is 10.1. The molecule has 2 rings (SSSR count). The SMILES string of the molecule is CCCCN(CCCC)CC(=O)NNC(=O)c1cc(C)nc2ccccc12. The van der Waals surface area contributed by atoms with Crippen molar-refractivity contribution in [3.05, 3.63) is 41.6 Å². The minimum atomic E-state index is -0.335. The van der Waals surface area contributed by atoms with Crippen molar-refractivity contribution in [3.8, 4) is 0 Å². The van der Waals surface area contributed by atoms with Crippen LogP contribution in [0.4, 0.5) is 0 Å². The molecule has 6 nitrogen and oxygen atoms in total. The third-order valence-electron chi connectivity index (χ3n) is 4.43. The monoisotopic (exact) mass is 370 g/mol. The van der Waals surface area contributed by atoms with Gasteiger partial charge in [-0.2, -0.15) is 0 Å². The Hall–Kier alpha value is -2.47. The summed E-state index contributed by atoms with van der Waals surface area (Å²) in [4.78, 5) is 31.4. The molecule has 0 spiro atoms. The van der Waals surface area contributed by atoms with Crippen LogP contribution in [0.25, 0.3) is 10.9 Å². The van der Waals surface area contributed by atoms with Crippen LogP contribution in [0.15, 0.2) is 30.3 Å². The molecule has 0 fully saturated rings. The first kappa shape index (κ1) is 20.8. The van der Waals surface area contributed by atoms with Crippen LogP contribution in [0.2, 0.25) is 0 Å². The van der Waals surface area contributed by atoms with Crippen LogP contribution in [-0.4, -0.2) is 41.3 Å². The average molecular weight is 370 g/mol. The fourth-order valence-corrected chi connectivity index (χ4v) is 2.97. The second-order valence-corrected chi connectivity index (χ2v) is 6.81. The molecule has 0 atom stereocenters. The number of benzene rings is 1. The van der Waals surface area contributed by atoms with Crippen molar-refractivity contribution in [1.82, 2.24) is 20.7 Å². The van der Waals surface area contributed by atoms with Crippen LogP contribution in [-0.2, 0) is 4.79 Å². The number of hydrogen-bond donors (Lipinski definition) is 2. The summed E-state index contributed by atoms with van der Waals surface area (Å²) < 4.78 is 0. The molecule has 0 saturated heterocycles. The van der Waals surface area contributed by atoms with E-state index >= 15 is 0 Å². The summed E-state index contributed by atoms with van der Waals surface area (Å²) >= 11 is 0. The van der Waals surface area contributed by atoms with E-state index in [1.54, 1.807) is 6.07 Å². The maximum Gasteiger partial charge on any atom is 0.270 e. The maximum atomic E-state index is 12.6. The van der Waals surface area contributed by atoms with Gasteiger partial charge in [0.1, 0.15) is 0 Å². The normalized spacial score (nSPS) is 11.0. The van der Waals surface area contributed by atoms with Crippen LogP contribution < -0.4 is 10.9 Å². The molecule has 2 aromatic rings. The van der Waals surface area contributed by atoms with Gasteiger partial charge in [-0.1, -0.05) is 44.9 Å². The van der Waals surface area contributed by atoms with Crippen molar-refractivity contribution in [3.63, 3.8) is 0 Å². The molecule has 146 valence electrons. The highest BCUT2D eigenvalue weighted by Gasteiger charge is 2.14. The van der Waals surface area contributed by atoms with E-state index in [9.17, 15) is 9.59 Å². The number of hydrogen-bond acceptors (Lipinski definition) is 4. The van der Waals surface area contributed by atoms with Gasteiger partial charge in [0.15, 0.2) is 0 Å². The quantitative estimate of drug-likeness (QED) is 0.665. The lowest BCUT2D eigenvalue weighted by Crippen LogP contribution is -2.46. The van der Waals surface area contributed by atoms with E-state index in [0.717, 1.165) is 55.4 Å². The van der Waals surface area contributed by atoms with E-state index in [4.69, 9.17) is 0 Å². The molecule has 27 heavy (non-hydrogen) atoms. The fourth-order valence-electron chi connectivity index (χ4n) is 2.97. The number of nitrogens with one attached hydrogen (secondary N) is 2. The van der Waals surface area contributed by atoms with E-state index < -0.39 is 0 Å². The minimum absolute atomic E-state index is 0.203. The molecule has 1 heterocycles. The van der Waals surface area contributed by atoms with E-state index in [1.807, 2.05) is 31.2 Å². The van der Waals surface area contributed by atoms with Gasteiger partial charge in [0.05, 0.1) is 17.6 Å². The predicted molar refractivity (Wildman–Crippen MR) is 108 cm³/mol.